The second-order valence-corrected chi connectivity index (χ2v) is 5.12. The molecule has 2 heterocycles. The molecule has 0 saturated carbocycles. The first kappa shape index (κ1) is 12.3. The van der Waals surface area contributed by atoms with Crippen molar-refractivity contribution in [3.8, 4) is 0 Å². The molecular formula is C11H10N2O4S. The summed E-state index contributed by atoms with van der Waals surface area (Å²) in [7, 11) is -2.69. The SMILES string of the molecule is COC(=O)c1cccn1S(=O)(=O)c1ccccn1. The minimum Gasteiger partial charge on any atom is -0.464 e. The normalized spacial score (nSPS) is 11.2. The highest BCUT2D eigenvalue weighted by Gasteiger charge is 2.23. The fourth-order valence-electron chi connectivity index (χ4n) is 1.44. The summed E-state index contributed by atoms with van der Waals surface area (Å²) < 4.78 is 29.8. The van der Waals surface area contributed by atoms with Gasteiger partial charge in [0, 0.05) is 12.4 Å². The van der Waals surface area contributed by atoms with E-state index in [9.17, 15) is 13.2 Å². The number of esters is 1. The summed E-state index contributed by atoms with van der Waals surface area (Å²) in [6.07, 6.45) is 2.64. The topological polar surface area (TPSA) is 78.3 Å². The zero-order valence-corrected chi connectivity index (χ0v) is 10.3. The van der Waals surface area contributed by atoms with Gasteiger partial charge in [0.1, 0.15) is 5.69 Å². The lowest BCUT2D eigenvalue weighted by Crippen LogP contribution is -2.19. The van der Waals surface area contributed by atoms with Crippen molar-refractivity contribution in [2.45, 2.75) is 5.03 Å². The zero-order valence-electron chi connectivity index (χ0n) is 9.48. The fraction of sp³-hybridized carbons (Fsp3) is 0.0909. The average Bonchev–Trinajstić information content (AvgIpc) is 2.89. The van der Waals surface area contributed by atoms with Crippen LogP contribution < -0.4 is 0 Å². The minimum atomic E-state index is -3.88. The smallest absolute Gasteiger partial charge is 0.355 e. The molecule has 94 valence electrons. The van der Waals surface area contributed by atoms with Gasteiger partial charge < -0.3 is 4.74 Å². The van der Waals surface area contributed by atoms with Crippen LogP contribution in [0.2, 0.25) is 0 Å². The van der Waals surface area contributed by atoms with Crippen molar-refractivity contribution in [3.63, 3.8) is 0 Å². The molecule has 0 N–H and O–H groups in total. The molecule has 2 aromatic rings. The summed E-state index contributed by atoms with van der Waals surface area (Å²) in [6, 6.07) is 7.34. The highest BCUT2D eigenvalue weighted by Crippen LogP contribution is 2.14. The van der Waals surface area contributed by atoms with Crippen LogP contribution in [0.25, 0.3) is 0 Å². The number of rotatable bonds is 3. The molecule has 0 unspecified atom stereocenters. The number of carbonyl (C=O) groups excluding carboxylic acids is 1. The number of aromatic nitrogens is 2. The molecule has 6 nitrogen and oxygen atoms in total. The van der Waals surface area contributed by atoms with Gasteiger partial charge in [-0.25, -0.2) is 13.8 Å². The molecule has 0 aliphatic heterocycles. The molecule has 0 bridgehead atoms. The summed E-state index contributed by atoms with van der Waals surface area (Å²) in [5.41, 5.74) is -0.0665. The third-order valence-corrected chi connectivity index (χ3v) is 3.87. The summed E-state index contributed by atoms with van der Waals surface area (Å²) in [5, 5.41) is -0.133. The Labute approximate surface area is 104 Å². The lowest BCUT2D eigenvalue weighted by Gasteiger charge is -2.07. The predicted octanol–water partition coefficient (Wildman–Crippen LogP) is 0.907. The van der Waals surface area contributed by atoms with Crippen LogP contribution in [0.3, 0.4) is 0 Å². The number of hydrogen-bond donors (Lipinski definition) is 0. The Morgan fingerprint density at radius 3 is 2.67 bits per heavy atom. The summed E-state index contributed by atoms with van der Waals surface area (Å²) in [5.74, 6) is -0.723. The Balaban J connectivity index is 2.56. The van der Waals surface area contributed by atoms with Gasteiger partial charge in [-0.1, -0.05) is 6.07 Å². The third-order valence-electron chi connectivity index (χ3n) is 2.27. The van der Waals surface area contributed by atoms with Crippen molar-refractivity contribution in [2.24, 2.45) is 0 Å². The second-order valence-electron chi connectivity index (χ2n) is 3.35. The van der Waals surface area contributed by atoms with Crippen LogP contribution in [0.4, 0.5) is 0 Å². The zero-order chi connectivity index (χ0) is 13.2. The monoisotopic (exact) mass is 266 g/mol. The molecule has 0 aromatic carbocycles. The number of carbonyl (C=O) groups is 1. The van der Waals surface area contributed by atoms with E-state index in [4.69, 9.17) is 0 Å². The average molecular weight is 266 g/mol. The van der Waals surface area contributed by atoms with Gasteiger partial charge in [0.05, 0.1) is 7.11 Å². The first-order valence-corrected chi connectivity index (χ1v) is 6.43. The van der Waals surface area contributed by atoms with Crippen LogP contribution in [-0.2, 0) is 14.8 Å². The maximum atomic E-state index is 12.2. The summed E-state index contributed by atoms with van der Waals surface area (Å²) >= 11 is 0. The van der Waals surface area contributed by atoms with Gasteiger partial charge in [-0.15, -0.1) is 0 Å². The number of pyridine rings is 1. The van der Waals surface area contributed by atoms with Crippen molar-refractivity contribution >= 4 is 16.0 Å². The highest BCUT2D eigenvalue weighted by atomic mass is 32.2. The molecule has 18 heavy (non-hydrogen) atoms. The van der Waals surface area contributed by atoms with Crippen molar-refractivity contribution < 1.29 is 17.9 Å². The van der Waals surface area contributed by atoms with Crippen molar-refractivity contribution in [2.75, 3.05) is 7.11 Å². The van der Waals surface area contributed by atoms with Crippen LogP contribution in [-0.4, -0.2) is 30.5 Å². The van der Waals surface area contributed by atoms with Gasteiger partial charge in [-0.2, -0.15) is 8.42 Å². The van der Waals surface area contributed by atoms with Crippen LogP contribution in [0.5, 0.6) is 0 Å². The number of ether oxygens (including phenoxy) is 1. The largest absolute Gasteiger partial charge is 0.464 e. The molecule has 0 aliphatic carbocycles. The molecule has 0 radical (unpaired) electrons. The van der Waals surface area contributed by atoms with Crippen LogP contribution >= 0.6 is 0 Å². The van der Waals surface area contributed by atoms with Gasteiger partial charge in [0.25, 0.3) is 10.0 Å². The van der Waals surface area contributed by atoms with E-state index in [1.54, 1.807) is 12.1 Å². The van der Waals surface area contributed by atoms with E-state index < -0.39 is 16.0 Å². The van der Waals surface area contributed by atoms with E-state index >= 15 is 0 Å². The van der Waals surface area contributed by atoms with E-state index in [0.717, 1.165) is 3.97 Å². The van der Waals surface area contributed by atoms with Crippen LogP contribution in [0, 0.1) is 0 Å². The Bertz CT molecular complexity index is 661. The third kappa shape index (κ3) is 2.00. The molecule has 0 spiro atoms. The summed E-state index contributed by atoms with van der Waals surface area (Å²) in [4.78, 5) is 15.2. The molecule has 0 aliphatic rings. The van der Waals surface area contributed by atoms with Gasteiger partial charge in [0.15, 0.2) is 5.03 Å². The fourth-order valence-corrected chi connectivity index (χ4v) is 2.71. The molecule has 0 saturated heterocycles. The Hall–Kier alpha value is -2.15. The standard InChI is InChI=1S/C11H10N2O4S/c1-17-11(14)9-5-4-8-13(9)18(15,16)10-6-2-3-7-12-10/h2-8H,1H3. The van der Waals surface area contributed by atoms with Gasteiger partial charge in [-0.05, 0) is 24.3 Å². The van der Waals surface area contributed by atoms with Crippen molar-refractivity contribution in [1.29, 1.82) is 0 Å². The van der Waals surface area contributed by atoms with Crippen molar-refractivity contribution in [3.05, 3.63) is 48.4 Å². The number of nitrogens with zero attached hydrogens (tertiary/aromatic N) is 2. The molecular weight excluding hydrogens is 256 g/mol. The molecule has 0 fully saturated rings. The molecule has 7 heteroatoms. The quantitative estimate of drug-likeness (QED) is 0.771. The summed E-state index contributed by atoms with van der Waals surface area (Å²) in [6.45, 7) is 0. The maximum absolute atomic E-state index is 12.2. The molecule has 0 amide bonds. The first-order valence-electron chi connectivity index (χ1n) is 4.99. The van der Waals surface area contributed by atoms with E-state index in [1.807, 2.05) is 0 Å². The first-order chi connectivity index (χ1) is 8.57. The predicted molar refractivity (Wildman–Crippen MR) is 62.6 cm³/mol. The van der Waals surface area contributed by atoms with Crippen LogP contribution in [0.15, 0.2) is 47.8 Å². The van der Waals surface area contributed by atoms with Gasteiger partial charge in [0.2, 0.25) is 0 Å². The highest BCUT2D eigenvalue weighted by molar-refractivity contribution is 7.89. The van der Waals surface area contributed by atoms with Gasteiger partial charge >= 0.3 is 5.97 Å². The minimum absolute atomic E-state index is 0.0665. The Morgan fingerprint density at radius 1 is 1.28 bits per heavy atom. The number of methoxy groups -OCH3 is 1. The Kier molecular flexibility index (Phi) is 3.15. The Morgan fingerprint density at radius 2 is 2.06 bits per heavy atom. The lowest BCUT2D eigenvalue weighted by molar-refractivity contribution is 0.0593. The molecule has 2 aromatic heterocycles. The van der Waals surface area contributed by atoms with E-state index in [0.29, 0.717) is 0 Å². The van der Waals surface area contributed by atoms with E-state index in [1.165, 1.54) is 37.7 Å². The maximum Gasteiger partial charge on any atom is 0.355 e. The second kappa shape index (κ2) is 4.61. The van der Waals surface area contributed by atoms with Crippen molar-refractivity contribution in [1.82, 2.24) is 8.96 Å². The van der Waals surface area contributed by atoms with Gasteiger partial charge in [-0.3, -0.25) is 0 Å². The van der Waals surface area contributed by atoms with Crippen LogP contribution in [0.1, 0.15) is 10.5 Å². The molecule has 2 rings (SSSR count). The van der Waals surface area contributed by atoms with E-state index in [-0.39, 0.29) is 10.7 Å². The number of hydrogen-bond acceptors (Lipinski definition) is 5. The lowest BCUT2D eigenvalue weighted by atomic mass is 10.4. The van der Waals surface area contributed by atoms with E-state index in [2.05, 4.69) is 9.72 Å². The molecule has 0 atom stereocenters.